The van der Waals surface area contributed by atoms with Crippen molar-refractivity contribution in [2.75, 3.05) is 0 Å². The third kappa shape index (κ3) is 5.77. The van der Waals surface area contributed by atoms with Crippen molar-refractivity contribution in [3.63, 3.8) is 0 Å². The van der Waals surface area contributed by atoms with Gasteiger partial charge in [-0.15, -0.1) is 0 Å². The lowest BCUT2D eigenvalue weighted by molar-refractivity contribution is -0.139. The van der Waals surface area contributed by atoms with Crippen LogP contribution in [0.15, 0.2) is 16.6 Å². The molecule has 234 valence electrons. The van der Waals surface area contributed by atoms with Crippen molar-refractivity contribution in [2.24, 2.45) is 28.7 Å². The highest BCUT2D eigenvalue weighted by molar-refractivity contribution is 6.26. The highest BCUT2D eigenvalue weighted by atomic mass is 16.5. The zero-order valence-corrected chi connectivity index (χ0v) is 25.1. The summed E-state index contributed by atoms with van der Waals surface area (Å²) in [7, 11) is 0. The third-order valence-corrected chi connectivity index (χ3v) is 9.83. The number of amides is 5. The fourth-order valence-electron chi connectivity index (χ4n) is 7.55. The van der Waals surface area contributed by atoms with E-state index in [4.69, 9.17) is 9.73 Å². The highest BCUT2D eigenvalue weighted by Gasteiger charge is 2.57. The number of carboxylic acids is 1. The van der Waals surface area contributed by atoms with E-state index in [0.29, 0.717) is 38.5 Å². The number of fused-ring (bicyclic) bond motifs is 2. The fourth-order valence-corrected chi connectivity index (χ4v) is 7.55. The van der Waals surface area contributed by atoms with Crippen LogP contribution in [0.3, 0.4) is 0 Å². The Morgan fingerprint density at radius 1 is 0.884 bits per heavy atom. The number of hydrogen-bond acceptors (Lipinski definition) is 8. The first-order valence-electron chi connectivity index (χ1n) is 15.8. The Bertz CT molecular complexity index is 1150. The van der Waals surface area contributed by atoms with Gasteiger partial charge in [-0.2, -0.15) is 0 Å². The first-order chi connectivity index (χ1) is 20.6. The van der Waals surface area contributed by atoms with Crippen LogP contribution in [0, 0.1) is 23.7 Å². The average Bonchev–Trinajstić information content (AvgIpc) is 3.40. The Kier molecular flexibility index (Phi) is 9.15. The summed E-state index contributed by atoms with van der Waals surface area (Å²) in [5.41, 5.74) is -0.00820. The second kappa shape index (κ2) is 12.7. The number of carboxylic acid groups (broad SMARTS) is 1. The van der Waals surface area contributed by atoms with Crippen LogP contribution in [-0.2, 0) is 33.5 Å². The molecule has 43 heavy (non-hydrogen) atoms. The second-order valence-corrected chi connectivity index (χ2v) is 12.5. The number of likely N-dealkylation sites (tertiary alicyclic amines) is 2. The standard InChI is InChI=1S/C31H42N4O8/c1-4-18(5-2)43-24-15-17(30(41)42)14-23(25(24)32-16(3)36)33-31(34-26(37)19-10-6-7-11-20(19)27(34)38)35-28(39)21-12-8-9-13-22(21)29(35)40/h15,18-25H,4-14H2,1-3H3,(H,32,36)(H,41,42)/t19-,20+,21-,22+,23-,24+,25+/m0/s1. The van der Waals surface area contributed by atoms with Crippen molar-refractivity contribution >= 4 is 41.5 Å². The molecule has 12 nitrogen and oxygen atoms in total. The third-order valence-electron chi connectivity index (χ3n) is 9.83. The molecule has 2 saturated heterocycles. The number of nitrogens with one attached hydrogen (secondary N) is 1. The Labute approximate surface area is 251 Å². The number of rotatable bonds is 7. The van der Waals surface area contributed by atoms with Crippen LogP contribution in [0.2, 0.25) is 0 Å². The van der Waals surface area contributed by atoms with Crippen molar-refractivity contribution in [1.29, 1.82) is 0 Å². The summed E-state index contributed by atoms with van der Waals surface area (Å²) in [5, 5.41) is 12.8. The van der Waals surface area contributed by atoms with E-state index >= 15 is 0 Å². The van der Waals surface area contributed by atoms with E-state index in [1.165, 1.54) is 13.0 Å². The molecule has 5 aliphatic rings. The van der Waals surface area contributed by atoms with Gasteiger partial charge >= 0.3 is 5.97 Å². The number of carbonyl (C=O) groups excluding carboxylic acids is 5. The first kappa shape index (κ1) is 31.0. The molecular formula is C31H42N4O8. The number of hydrogen-bond donors (Lipinski definition) is 2. The lowest BCUT2D eigenvalue weighted by Crippen LogP contribution is -2.56. The Balaban J connectivity index is 1.63. The number of guanidine groups is 1. The molecule has 2 aliphatic heterocycles. The van der Waals surface area contributed by atoms with Crippen LogP contribution in [0.25, 0.3) is 0 Å². The maximum Gasteiger partial charge on any atom is 0.331 e. The quantitative estimate of drug-likeness (QED) is 0.257. The molecule has 0 unspecified atom stereocenters. The minimum Gasteiger partial charge on any atom is -0.478 e. The molecule has 0 aromatic rings. The zero-order chi connectivity index (χ0) is 31.0. The SMILES string of the molecule is CCC(CC)O[C@@H]1C=C(C(=O)O)C[C@H](N=C(N2C(=O)[C@H]3CCCC[C@H]3C2=O)N2C(=O)[C@H]3CCCC[C@H]3C2=O)[C@H]1NC(C)=O. The Morgan fingerprint density at radius 2 is 1.33 bits per heavy atom. The molecule has 0 aromatic carbocycles. The molecule has 4 fully saturated rings. The molecule has 0 bridgehead atoms. The molecular weight excluding hydrogens is 556 g/mol. The molecule has 0 spiro atoms. The minimum atomic E-state index is -1.19. The summed E-state index contributed by atoms with van der Waals surface area (Å²) in [5.74, 6) is -6.15. The van der Waals surface area contributed by atoms with Gasteiger partial charge in [-0.25, -0.2) is 19.6 Å². The van der Waals surface area contributed by atoms with Gasteiger partial charge in [0.2, 0.25) is 35.5 Å². The van der Waals surface area contributed by atoms with Crippen LogP contribution >= 0.6 is 0 Å². The predicted molar refractivity (Wildman–Crippen MR) is 153 cm³/mol. The largest absolute Gasteiger partial charge is 0.478 e. The second-order valence-electron chi connectivity index (χ2n) is 12.5. The number of aliphatic imine (C=N–C) groups is 1. The molecule has 2 saturated carbocycles. The molecule has 2 N–H and O–H groups in total. The minimum absolute atomic E-state index is 0.00820. The van der Waals surface area contributed by atoms with Crippen molar-refractivity contribution in [3.8, 4) is 0 Å². The lowest BCUT2D eigenvalue weighted by atomic mass is 9.81. The van der Waals surface area contributed by atoms with E-state index < -0.39 is 77.4 Å². The van der Waals surface area contributed by atoms with Crippen LogP contribution in [0.4, 0.5) is 0 Å². The topological polar surface area (TPSA) is 163 Å². The average molecular weight is 599 g/mol. The molecule has 2 heterocycles. The Hall–Kier alpha value is -3.41. The number of imide groups is 2. The predicted octanol–water partition coefficient (Wildman–Crippen LogP) is 2.55. The normalized spacial score (nSPS) is 32.5. The Morgan fingerprint density at radius 3 is 1.70 bits per heavy atom. The fraction of sp³-hybridized carbons (Fsp3) is 0.710. The summed E-state index contributed by atoms with van der Waals surface area (Å²) in [6.07, 6.45) is 6.76. The maximum absolute atomic E-state index is 13.8. The molecule has 7 atom stereocenters. The van der Waals surface area contributed by atoms with E-state index in [9.17, 15) is 33.9 Å². The number of aliphatic carboxylic acids is 1. The van der Waals surface area contributed by atoms with E-state index in [2.05, 4.69) is 5.32 Å². The van der Waals surface area contributed by atoms with Crippen molar-refractivity contribution in [2.45, 2.75) is 116 Å². The van der Waals surface area contributed by atoms with E-state index in [0.717, 1.165) is 35.5 Å². The highest BCUT2D eigenvalue weighted by Crippen LogP contribution is 2.42. The van der Waals surface area contributed by atoms with Crippen LogP contribution in [0.5, 0.6) is 0 Å². The number of nitrogens with zero attached hydrogens (tertiary/aromatic N) is 3. The van der Waals surface area contributed by atoms with Crippen LogP contribution < -0.4 is 5.32 Å². The summed E-state index contributed by atoms with van der Waals surface area (Å²) in [6, 6.07) is -1.91. The van der Waals surface area contributed by atoms with Gasteiger partial charge in [0.25, 0.3) is 0 Å². The molecule has 3 aliphatic carbocycles. The van der Waals surface area contributed by atoms with E-state index in [1.807, 2.05) is 13.8 Å². The van der Waals surface area contributed by atoms with Gasteiger partial charge in [0.1, 0.15) is 0 Å². The van der Waals surface area contributed by atoms with Gasteiger partial charge in [-0.3, -0.25) is 24.0 Å². The number of ether oxygens (including phenoxy) is 1. The van der Waals surface area contributed by atoms with Crippen LogP contribution in [0.1, 0.15) is 91.4 Å². The lowest BCUT2D eigenvalue weighted by Gasteiger charge is -2.37. The zero-order valence-electron chi connectivity index (χ0n) is 25.1. The van der Waals surface area contributed by atoms with Crippen molar-refractivity contribution in [1.82, 2.24) is 15.1 Å². The van der Waals surface area contributed by atoms with Gasteiger partial charge in [0, 0.05) is 18.9 Å². The number of carbonyl (C=O) groups is 6. The van der Waals surface area contributed by atoms with Gasteiger partial charge < -0.3 is 15.2 Å². The van der Waals surface area contributed by atoms with Crippen molar-refractivity contribution in [3.05, 3.63) is 11.6 Å². The summed E-state index contributed by atoms with van der Waals surface area (Å²) in [6.45, 7) is 5.20. The molecule has 12 heteroatoms. The van der Waals surface area contributed by atoms with Gasteiger partial charge in [-0.1, -0.05) is 39.5 Å². The van der Waals surface area contributed by atoms with Crippen molar-refractivity contribution < 1.29 is 38.6 Å². The first-order valence-corrected chi connectivity index (χ1v) is 15.8. The maximum atomic E-state index is 13.8. The van der Waals surface area contributed by atoms with Gasteiger partial charge in [0.05, 0.1) is 48.0 Å². The summed E-state index contributed by atoms with van der Waals surface area (Å²) < 4.78 is 6.27. The molecule has 0 aromatic heterocycles. The molecule has 0 radical (unpaired) electrons. The smallest absolute Gasteiger partial charge is 0.331 e. The van der Waals surface area contributed by atoms with E-state index in [-0.39, 0.29) is 24.1 Å². The monoisotopic (exact) mass is 598 g/mol. The van der Waals surface area contributed by atoms with E-state index in [1.54, 1.807) is 0 Å². The summed E-state index contributed by atoms with van der Waals surface area (Å²) in [4.78, 5) is 86.5. The summed E-state index contributed by atoms with van der Waals surface area (Å²) >= 11 is 0. The van der Waals surface area contributed by atoms with Crippen LogP contribution in [-0.4, -0.2) is 80.7 Å². The molecule has 5 rings (SSSR count). The van der Waals surface area contributed by atoms with Gasteiger partial charge in [0.15, 0.2) is 0 Å². The molecule has 5 amide bonds. The van der Waals surface area contributed by atoms with Gasteiger partial charge in [-0.05, 0) is 44.6 Å².